The molecular weight excluding hydrogens is 258 g/mol. The smallest absolute Gasteiger partial charge is 0.335 e. The molecule has 100 valence electrons. The van der Waals surface area contributed by atoms with Crippen LogP contribution < -0.4 is 5.32 Å². The molecule has 0 aliphatic rings. The van der Waals surface area contributed by atoms with Crippen molar-refractivity contribution in [2.75, 3.05) is 5.32 Å². The zero-order valence-corrected chi connectivity index (χ0v) is 9.89. The number of anilines is 1. The molecule has 0 saturated carbocycles. The Labute approximate surface area is 106 Å². The predicted molar refractivity (Wildman–Crippen MR) is 61.6 cm³/mol. The third kappa shape index (κ3) is 2.67. The van der Waals surface area contributed by atoms with Gasteiger partial charge in [0, 0.05) is 7.05 Å². The van der Waals surface area contributed by atoms with Gasteiger partial charge in [-0.25, -0.2) is 13.6 Å². The second-order valence-corrected chi connectivity index (χ2v) is 3.83. The van der Waals surface area contributed by atoms with Crippen molar-refractivity contribution >= 4 is 11.7 Å². The number of aromatic carboxylic acids is 1. The van der Waals surface area contributed by atoms with Crippen molar-refractivity contribution < 1.29 is 18.7 Å². The summed E-state index contributed by atoms with van der Waals surface area (Å²) in [5.41, 5.74) is -0.841. The summed E-state index contributed by atoms with van der Waals surface area (Å²) in [7, 11) is 1.69. The lowest BCUT2D eigenvalue weighted by Crippen LogP contribution is -2.09. The first kappa shape index (κ1) is 12.9. The molecule has 6 nitrogen and oxygen atoms in total. The molecule has 1 aromatic carbocycles. The summed E-state index contributed by atoms with van der Waals surface area (Å²) < 4.78 is 28.8. The van der Waals surface area contributed by atoms with Crippen LogP contribution >= 0.6 is 0 Å². The molecular formula is C11H10F2N4O2. The summed E-state index contributed by atoms with van der Waals surface area (Å²) in [6.07, 6.45) is 1.46. The Morgan fingerprint density at radius 1 is 1.42 bits per heavy atom. The number of carbonyl (C=O) groups is 1. The van der Waals surface area contributed by atoms with Crippen LogP contribution in [0.25, 0.3) is 0 Å². The largest absolute Gasteiger partial charge is 0.478 e. The topological polar surface area (TPSA) is 80.0 Å². The zero-order valence-electron chi connectivity index (χ0n) is 9.89. The lowest BCUT2D eigenvalue weighted by atomic mass is 10.2. The minimum absolute atomic E-state index is 0.0662. The first-order valence-corrected chi connectivity index (χ1v) is 5.28. The van der Waals surface area contributed by atoms with Crippen LogP contribution in [0.15, 0.2) is 18.5 Å². The number of carboxylic acid groups (broad SMARTS) is 1. The van der Waals surface area contributed by atoms with E-state index in [1.165, 1.54) is 6.33 Å². The molecule has 0 fully saturated rings. The highest BCUT2D eigenvalue weighted by Crippen LogP contribution is 2.21. The number of nitrogens with zero attached hydrogens (tertiary/aromatic N) is 3. The Bertz CT molecular complexity index is 604. The van der Waals surface area contributed by atoms with Gasteiger partial charge in [0.05, 0.1) is 12.1 Å². The lowest BCUT2D eigenvalue weighted by molar-refractivity contribution is 0.0696. The van der Waals surface area contributed by atoms with E-state index >= 15 is 0 Å². The summed E-state index contributed by atoms with van der Waals surface area (Å²) in [5.74, 6) is -2.85. The van der Waals surface area contributed by atoms with E-state index in [0.717, 1.165) is 12.1 Å². The second-order valence-electron chi connectivity index (χ2n) is 3.83. The van der Waals surface area contributed by atoms with E-state index in [0.29, 0.717) is 5.82 Å². The Balaban J connectivity index is 2.21. The number of rotatable bonds is 4. The van der Waals surface area contributed by atoms with Crippen molar-refractivity contribution in [3.63, 3.8) is 0 Å². The molecule has 8 heteroatoms. The molecule has 19 heavy (non-hydrogen) atoms. The van der Waals surface area contributed by atoms with Crippen LogP contribution in [0, 0.1) is 11.6 Å². The average Bonchev–Trinajstić information content (AvgIpc) is 2.73. The SMILES string of the molecule is Cn1cnnc1CNc1c(F)cc(C(=O)O)cc1F. The van der Waals surface area contributed by atoms with Crippen LogP contribution in [0.4, 0.5) is 14.5 Å². The molecule has 0 aliphatic heterocycles. The molecule has 0 aliphatic carbocycles. The number of hydrogen-bond acceptors (Lipinski definition) is 4. The van der Waals surface area contributed by atoms with Gasteiger partial charge in [-0.2, -0.15) is 0 Å². The van der Waals surface area contributed by atoms with Crippen LogP contribution in [0.3, 0.4) is 0 Å². The van der Waals surface area contributed by atoms with Gasteiger partial charge in [-0.1, -0.05) is 0 Å². The van der Waals surface area contributed by atoms with E-state index in [9.17, 15) is 13.6 Å². The molecule has 0 unspecified atom stereocenters. The van der Waals surface area contributed by atoms with Crippen molar-refractivity contribution in [3.8, 4) is 0 Å². The molecule has 0 atom stereocenters. The van der Waals surface area contributed by atoms with E-state index in [-0.39, 0.29) is 6.54 Å². The predicted octanol–water partition coefficient (Wildman–Crippen LogP) is 1.40. The van der Waals surface area contributed by atoms with Crippen LogP contribution in [0.1, 0.15) is 16.2 Å². The van der Waals surface area contributed by atoms with Crippen LogP contribution in [-0.2, 0) is 13.6 Å². The maximum Gasteiger partial charge on any atom is 0.335 e. The van der Waals surface area contributed by atoms with Crippen molar-refractivity contribution in [3.05, 3.63) is 41.5 Å². The number of carboxylic acids is 1. The average molecular weight is 268 g/mol. The number of nitrogens with one attached hydrogen (secondary N) is 1. The first-order chi connectivity index (χ1) is 8.99. The fourth-order valence-electron chi connectivity index (χ4n) is 1.50. The third-order valence-corrected chi connectivity index (χ3v) is 2.52. The Morgan fingerprint density at radius 2 is 2.05 bits per heavy atom. The third-order valence-electron chi connectivity index (χ3n) is 2.52. The fourth-order valence-corrected chi connectivity index (χ4v) is 1.50. The molecule has 2 aromatic rings. The number of aromatic nitrogens is 3. The Hall–Kier alpha value is -2.51. The summed E-state index contributed by atoms with van der Waals surface area (Å²) in [6, 6.07) is 1.51. The zero-order chi connectivity index (χ0) is 14.0. The van der Waals surface area contributed by atoms with E-state index < -0.39 is 28.9 Å². The molecule has 2 N–H and O–H groups in total. The maximum absolute atomic E-state index is 13.6. The van der Waals surface area contributed by atoms with Crippen molar-refractivity contribution in [1.82, 2.24) is 14.8 Å². The van der Waals surface area contributed by atoms with Gasteiger partial charge < -0.3 is 15.0 Å². The molecule has 0 amide bonds. The monoisotopic (exact) mass is 268 g/mol. The van der Waals surface area contributed by atoms with Gasteiger partial charge in [0.25, 0.3) is 0 Å². The summed E-state index contributed by atoms with van der Waals surface area (Å²) in [6.45, 7) is 0.0662. The number of hydrogen-bond donors (Lipinski definition) is 2. The van der Waals surface area contributed by atoms with Gasteiger partial charge in [-0.05, 0) is 12.1 Å². The van der Waals surface area contributed by atoms with E-state index in [1.807, 2.05) is 0 Å². The van der Waals surface area contributed by atoms with Gasteiger partial charge in [0.1, 0.15) is 23.6 Å². The molecule has 0 spiro atoms. The van der Waals surface area contributed by atoms with Crippen molar-refractivity contribution in [2.24, 2.45) is 7.05 Å². The molecule has 1 aromatic heterocycles. The molecule has 2 rings (SSSR count). The highest BCUT2D eigenvalue weighted by atomic mass is 19.1. The fraction of sp³-hybridized carbons (Fsp3) is 0.182. The summed E-state index contributed by atoms with van der Waals surface area (Å²) in [5, 5.41) is 18.6. The molecule has 0 bridgehead atoms. The molecule has 0 saturated heterocycles. The highest BCUT2D eigenvalue weighted by molar-refractivity contribution is 5.88. The molecule has 0 radical (unpaired) electrons. The van der Waals surface area contributed by atoms with Gasteiger partial charge >= 0.3 is 5.97 Å². The van der Waals surface area contributed by atoms with Gasteiger partial charge in [-0.15, -0.1) is 10.2 Å². The normalized spacial score (nSPS) is 10.5. The minimum atomic E-state index is -1.39. The summed E-state index contributed by atoms with van der Waals surface area (Å²) in [4.78, 5) is 10.6. The Kier molecular flexibility index (Phi) is 3.41. The first-order valence-electron chi connectivity index (χ1n) is 5.28. The second kappa shape index (κ2) is 5.01. The lowest BCUT2D eigenvalue weighted by Gasteiger charge is -2.09. The number of benzene rings is 1. The minimum Gasteiger partial charge on any atom is -0.478 e. The maximum atomic E-state index is 13.6. The van der Waals surface area contributed by atoms with Crippen LogP contribution in [0.5, 0.6) is 0 Å². The highest BCUT2D eigenvalue weighted by Gasteiger charge is 2.15. The number of halogens is 2. The number of aryl methyl sites for hydroxylation is 1. The standard InChI is InChI=1S/C11H10F2N4O2/c1-17-5-15-16-9(17)4-14-10-7(12)2-6(11(18)19)3-8(10)13/h2-3,5,14H,4H2,1H3,(H,18,19). The quantitative estimate of drug-likeness (QED) is 0.876. The summed E-state index contributed by atoms with van der Waals surface area (Å²) >= 11 is 0. The van der Waals surface area contributed by atoms with Crippen molar-refractivity contribution in [1.29, 1.82) is 0 Å². The Morgan fingerprint density at radius 3 is 2.53 bits per heavy atom. The van der Waals surface area contributed by atoms with E-state index in [4.69, 9.17) is 5.11 Å². The van der Waals surface area contributed by atoms with Crippen LogP contribution in [0.2, 0.25) is 0 Å². The molecule has 1 heterocycles. The van der Waals surface area contributed by atoms with Gasteiger partial charge in [-0.3, -0.25) is 0 Å². The van der Waals surface area contributed by atoms with E-state index in [2.05, 4.69) is 15.5 Å². The van der Waals surface area contributed by atoms with Crippen LogP contribution in [-0.4, -0.2) is 25.8 Å². The van der Waals surface area contributed by atoms with Gasteiger partial charge in [0.2, 0.25) is 0 Å². The van der Waals surface area contributed by atoms with Crippen molar-refractivity contribution in [2.45, 2.75) is 6.54 Å². The van der Waals surface area contributed by atoms with Gasteiger partial charge in [0.15, 0.2) is 5.82 Å². The van der Waals surface area contributed by atoms with E-state index in [1.54, 1.807) is 11.6 Å².